The van der Waals surface area contributed by atoms with Gasteiger partial charge in [0.25, 0.3) is 0 Å². The smallest absolute Gasteiger partial charge is 0.337 e. The third kappa shape index (κ3) is 2.50. The highest BCUT2D eigenvalue weighted by molar-refractivity contribution is 5.94. The fourth-order valence-corrected chi connectivity index (χ4v) is 2.91. The lowest BCUT2D eigenvalue weighted by atomic mass is 10.1. The molecule has 0 atom stereocenters. The van der Waals surface area contributed by atoms with Crippen molar-refractivity contribution in [3.8, 4) is 5.69 Å². The summed E-state index contributed by atoms with van der Waals surface area (Å²) in [5, 5.41) is 10.6. The molecule has 0 spiro atoms. The van der Waals surface area contributed by atoms with E-state index in [1.807, 2.05) is 30.3 Å². The Labute approximate surface area is 129 Å². The molecular weight excluding hydrogens is 274 g/mol. The average molecular weight is 293 g/mol. The van der Waals surface area contributed by atoms with E-state index >= 15 is 0 Å². The lowest BCUT2D eigenvalue weighted by molar-refractivity contribution is 0.0697. The van der Waals surface area contributed by atoms with Crippen LogP contribution < -0.4 is 0 Å². The summed E-state index contributed by atoms with van der Waals surface area (Å²) in [6.45, 7) is 4.34. The molecule has 0 aliphatic rings. The average Bonchev–Trinajstić information content (AvgIpc) is 2.84. The number of para-hydroxylation sites is 2. The number of aromatic nitrogens is 1. The maximum atomic E-state index is 11.6. The van der Waals surface area contributed by atoms with E-state index in [-0.39, 0.29) is 0 Å². The van der Waals surface area contributed by atoms with Gasteiger partial charge in [-0.3, -0.25) is 0 Å². The molecule has 0 bridgehead atoms. The van der Waals surface area contributed by atoms with Crippen molar-refractivity contribution in [2.75, 3.05) is 0 Å². The number of hydrogen-bond donors (Lipinski definition) is 1. The predicted octanol–water partition coefficient (Wildman–Crippen LogP) is 4.53. The van der Waals surface area contributed by atoms with Crippen LogP contribution in [-0.4, -0.2) is 15.6 Å². The molecule has 1 aromatic heterocycles. The topological polar surface area (TPSA) is 42.2 Å². The molecule has 3 heteroatoms. The fourth-order valence-electron chi connectivity index (χ4n) is 2.91. The van der Waals surface area contributed by atoms with Gasteiger partial charge in [0.1, 0.15) is 0 Å². The van der Waals surface area contributed by atoms with Gasteiger partial charge in [-0.15, -0.1) is 0 Å². The number of hydrogen-bond acceptors (Lipinski definition) is 1. The van der Waals surface area contributed by atoms with Gasteiger partial charge in [0.05, 0.1) is 16.8 Å². The molecule has 3 rings (SSSR count). The lowest BCUT2D eigenvalue weighted by Crippen LogP contribution is -2.09. The first-order valence-corrected chi connectivity index (χ1v) is 7.50. The van der Waals surface area contributed by atoms with Gasteiger partial charge < -0.3 is 9.67 Å². The van der Waals surface area contributed by atoms with Crippen molar-refractivity contribution in [3.63, 3.8) is 0 Å². The van der Waals surface area contributed by atoms with Crippen LogP contribution in [0.2, 0.25) is 0 Å². The third-order valence-corrected chi connectivity index (χ3v) is 3.78. The standard InChI is InChI=1S/C19H19NO2/c1-13(2)11-15-12-14-7-3-5-9-17(14)20(15)18-10-6-4-8-16(18)19(21)22/h3-10,12-13H,11H2,1-2H3,(H,21,22). The Bertz CT molecular complexity index is 830. The second kappa shape index (κ2) is 5.68. The number of carbonyl (C=O) groups is 1. The van der Waals surface area contributed by atoms with Crippen LogP contribution in [0.4, 0.5) is 0 Å². The minimum atomic E-state index is -0.899. The van der Waals surface area contributed by atoms with E-state index in [1.54, 1.807) is 12.1 Å². The zero-order valence-electron chi connectivity index (χ0n) is 12.8. The van der Waals surface area contributed by atoms with Gasteiger partial charge in [0.2, 0.25) is 0 Å². The summed E-state index contributed by atoms with van der Waals surface area (Å²) in [5.41, 5.74) is 3.25. The summed E-state index contributed by atoms with van der Waals surface area (Å²) < 4.78 is 2.08. The molecule has 0 radical (unpaired) electrons. The molecular formula is C19H19NO2. The summed E-state index contributed by atoms with van der Waals surface area (Å²) in [5.74, 6) is -0.399. The first-order chi connectivity index (χ1) is 10.6. The Kier molecular flexibility index (Phi) is 3.72. The summed E-state index contributed by atoms with van der Waals surface area (Å²) in [7, 11) is 0. The molecule has 1 heterocycles. The molecule has 2 aromatic carbocycles. The van der Waals surface area contributed by atoms with Gasteiger partial charge in [0.15, 0.2) is 0 Å². The Morgan fingerprint density at radius 3 is 2.50 bits per heavy atom. The monoisotopic (exact) mass is 293 g/mol. The van der Waals surface area contributed by atoms with E-state index in [2.05, 4.69) is 30.5 Å². The van der Waals surface area contributed by atoms with Gasteiger partial charge in [0, 0.05) is 11.1 Å². The Balaban J connectivity index is 2.31. The van der Waals surface area contributed by atoms with Crippen LogP contribution in [0.3, 0.4) is 0 Å². The van der Waals surface area contributed by atoms with E-state index < -0.39 is 5.97 Å². The SMILES string of the molecule is CC(C)Cc1cc2ccccc2n1-c1ccccc1C(=O)O. The zero-order chi connectivity index (χ0) is 15.7. The highest BCUT2D eigenvalue weighted by Gasteiger charge is 2.16. The molecule has 22 heavy (non-hydrogen) atoms. The number of fused-ring (bicyclic) bond motifs is 1. The largest absolute Gasteiger partial charge is 0.478 e. The van der Waals surface area contributed by atoms with E-state index in [4.69, 9.17) is 0 Å². The van der Waals surface area contributed by atoms with Crippen LogP contribution in [0, 0.1) is 5.92 Å². The second-order valence-corrected chi connectivity index (χ2v) is 5.95. The van der Waals surface area contributed by atoms with Gasteiger partial charge in [-0.25, -0.2) is 4.79 Å². The Morgan fingerprint density at radius 1 is 1.09 bits per heavy atom. The minimum absolute atomic E-state index is 0.328. The maximum absolute atomic E-state index is 11.6. The second-order valence-electron chi connectivity index (χ2n) is 5.95. The Morgan fingerprint density at radius 2 is 1.77 bits per heavy atom. The van der Waals surface area contributed by atoms with Crippen LogP contribution in [0.5, 0.6) is 0 Å². The first kappa shape index (κ1) is 14.4. The van der Waals surface area contributed by atoms with Crippen LogP contribution >= 0.6 is 0 Å². The maximum Gasteiger partial charge on any atom is 0.337 e. The van der Waals surface area contributed by atoms with Crippen LogP contribution in [0.25, 0.3) is 16.6 Å². The fraction of sp³-hybridized carbons (Fsp3) is 0.211. The van der Waals surface area contributed by atoms with Crippen LogP contribution in [0.1, 0.15) is 29.9 Å². The van der Waals surface area contributed by atoms with Gasteiger partial charge in [-0.1, -0.05) is 44.2 Å². The summed E-state index contributed by atoms with van der Waals surface area (Å²) in [6, 6.07) is 17.4. The molecule has 0 saturated heterocycles. The van der Waals surface area contributed by atoms with Crippen LogP contribution in [0.15, 0.2) is 54.6 Å². The van der Waals surface area contributed by atoms with Crippen molar-refractivity contribution in [3.05, 3.63) is 65.9 Å². The van der Waals surface area contributed by atoms with Crippen molar-refractivity contribution in [2.45, 2.75) is 20.3 Å². The molecule has 0 aliphatic heterocycles. The predicted molar refractivity (Wildman–Crippen MR) is 88.8 cm³/mol. The van der Waals surface area contributed by atoms with E-state index in [0.29, 0.717) is 11.5 Å². The number of nitrogens with zero attached hydrogens (tertiary/aromatic N) is 1. The van der Waals surface area contributed by atoms with Gasteiger partial charge >= 0.3 is 5.97 Å². The molecule has 0 saturated carbocycles. The summed E-state index contributed by atoms with van der Waals surface area (Å²) in [6.07, 6.45) is 0.905. The van der Waals surface area contributed by atoms with Crippen molar-refractivity contribution >= 4 is 16.9 Å². The summed E-state index contributed by atoms with van der Waals surface area (Å²) in [4.78, 5) is 11.6. The number of carboxylic acids is 1. The number of carboxylic acid groups (broad SMARTS) is 1. The summed E-state index contributed by atoms with van der Waals surface area (Å²) >= 11 is 0. The number of rotatable bonds is 4. The van der Waals surface area contributed by atoms with Crippen LogP contribution in [-0.2, 0) is 6.42 Å². The minimum Gasteiger partial charge on any atom is -0.478 e. The molecule has 3 aromatic rings. The molecule has 0 amide bonds. The van der Waals surface area contributed by atoms with E-state index in [9.17, 15) is 9.90 Å². The molecule has 0 fully saturated rings. The quantitative estimate of drug-likeness (QED) is 0.768. The normalized spacial score (nSPS) is 11.2. The Hall–Kier alpha value is -2.55. The zero-order valence-corrected chi connectivity index (χ0v) is 12.8. The highest BCUT2D eigenvalue weighted by Crippen LogP contribution is 2.28. The number of benzene rings is 2. The molecule has 0 aliphatic carbocycles. The highest BCUT2D eigenvalue weighted by atomic mass is 16.4. The van der Waals surface area contributed by atoms with Gasteiger partial charge in [-0.05, 0) is 36.6 Å². The van der Waals surface area contributed by atoms with E-state index in [1.165, 1.54) is 0 Å². The number of aromatic carboxylic acids is 1. The van der Waals surface area contributed by atoms with Crippen molar-refractivity contribution in [1.29, 1.82) is 0 Å². The van der Waals surface area contributed by atoms with Crippen molar-refractivity contribution in [1.82, 2.24) is 4.57 Å². The third-order valence-electron chi connectivity index (χ3n) is 3.78. The first-order valence-electron chi connectivity index (χ1n) is 7.50. The van der Waals surface area contributed by atoms with Crippen molar-refractivity contribution in [2.24, 2.45) is 5.92 Å². The molecule has 3 nitrogen and oxygen atoms in total. The van der Waals surface area contributed by atoms with Crippen molar-refractivity contribution < 1.29 is 9.90 Å². The molecule has 1 N–H and O–H groups in total. The van der Waals surface area contributed by atoms with Gasteiger partial charge in [-0.2, -0.15) is 0 Å². The molecule has 112 valence electrons. The molecule has 0 unspecified atom stereocenters. The van der Waals surface area contributed by atoms with E-state index in [0.717, 1.165) is 28.7 Å². The lowest BCUT2D eigenvalue weighted by Gasteiger charge is -2.14.